The lowest BCUT2D eigenvalue weighted by Crippen LogP contribution is -2.21. The minimum absolute atomic E-state index is 0.149. The third-order valence-electron chi connectivity index (χ3n) is 3.93. The molecule has 0 bridgehead atoms. The van der Waals surface area contributed by atoms with E-state index in [4.69, 9.17) is 10.5 Å². The third kappa shape index (κ3) is 1.62. The van der Waals surface area contributed by atoms with E-state index >= 15 is 0 Å². The van der Waals surface area contributed by atoms with Crippen LogP contribution in [0.1, 0.15) is 47.6 Å². The number of thiophene rings is 1. The fourth-order valence-corrected chi connectivity index (χ4v) is 4.14. The molecule has 16 heavy (non-hydrogen) atoms. The normalized spacial score (nSPS) is 31.2. The summed E-state index contributed by atoms with van der Waals surface area (Å²) in [7, 11) is 0. The fourth-order valence-electron chi connectivity index (χ4n) is 2.64. The second kappa shape index (κ2) is 3.56. The Kier molecular flexibility index (Phi) is 2.39. The molecular weight excluding hydrogens is 218 g/mol. The predicted octanol–water partition coefficient (Wildman–Crippen LogP) is 2.83. The summed E-state index contributed by atoms with van der Waals surface area (Å²) >= 11 is 1.99. The zero-order valence-corrected chi connectivity index (χ0v) is 10.8. The highest BCUT2D eigenvalue weighted by atomic mass is 32.1. The predicted molar refractivity (Wildman–Crippen MR) is 66.9 cm³/mol. The average Bonchev–Trinajstić information content (AvgIpc) is 2.74. The SMILES string of the molecule is CC1(C)CC1c1cc2c(s1)CCOC2CN. The quantitative estimate of drug-likeness (QED) is 0.858. The Morgan fingerprint density at radius 1 is 1.56 bits per heavy atom. The Morgan fingerprint density at radius 2 is 2.31 bits per heavy atom. The molecular formula is C13H19NOS. The maximum Gasteiger partial charge on any atom is 0.0958 e. The second-order valence-electron chi connectivity index (χ2n) is 5.62. The van der Waals surface area contributed by atoms with Gasteiger partial charge in [-0.2, -0.15) is 0 Å². The van der Waals surface area contributed by atoms with E-state index in [1.54, 1.807) is 4.88 Å². The first-order chi connectivity index (χ1) is 7.62. The molecule has 0 aromatic carbocycles. The minimum Gasteiger partial charge on any atom is -0.372 e. The Bertz CT molecular complexity index is 410. The van der Waals surface area contributed by atoms with Gasteiger partial charge in [0.15, 0.2) is 0 Å². The van der Waals surface area contributed by atoms with Crippen molar-refractivity contribution in [3.05, 3.63) is 21.4 Å². The van der Waals surface area contributed by atoms with Gasteiger partial charge in [-0.3, -0.25) is 0 Å². The maximum absolute atomic E-state index is 5.75. The molecule has 0 amide bonds. The summed E-state index contributed by atoms with van der Waals surface area (Å²) in [5.74, 6) is 0.779. The standard InChI is InChI=1S/C13H19NOS/c1-13(2)6-9(13)12-5-8-10(7-14)15-4-3-11(8)16-12/h5,9-10H,3-4,6-7,14H2,1-2H3. The van der Waals surface area contributed by atoms with Crippen LogP contribution in [0.4, 0.5) is 0 Å². The summed E-state index contributed by atoms with van der Waals surface area (Å²) in [4.78, 5) is 3.07. The van der Waals surface area contributed by atoms with Gasteiger partial charge in [0.1, 0.15) is 0 Å². The number of nitrogens with two attached hydrogens (primary N) is 1. The first kappa shape index (κ1) is 10.8. The van der Waals surface area contributed by atoms with Crippen LogP contribution in [0.3, 0.4) is 0 Å². The smallest absolute Gasteiger partial charge is 0.0958 e. The summed E-state index contributed by atoms with van der Waals surface area (Å²) < 4.78 is 5.70. The van der Waals surface area contributed by atoms with E-state index in [0.29, 0.717) is 12.0 Å². The van der Waals surface area contributed by atoms with Gasteiger partial charge < -0.3 is 10.5 Å². The largest absolute Gasteiger partial charge is 0.372 e. The van der Waals surface area contributed by atoms with Gasteiger partial charge in [0, 0.05) is 22.7 Å². The molecule has 1 aromatic rings. The van der Waals surface area contributed by atoms with Crippen LogP contribution in [0, 0.1) is 5.41 Å². The van der Waals surface area contributed by atoms with Crippen LogP contribution in [-0.4, -0.2) is 13.2 Å². The third-order valence-corrected chi connectivity index (χ3v) is 5.25. The highest BCUT2D eigenvalue weighted by Gasteiger charge is 2.47. The molecule has 1 aliphatic heterocycles. The summed E-state index contributed by atoms with van der Waals surface area (Å²) in [6, 6.07) is 2.36. The van der Waals surface area contributed by atoms with Crippen LogP contribution in [0.5, 0.6) is 0 Å². The lowest BCUT2D eigenvalue weighted by Gasteiger charge is -2.21. The minimum atomic E-state index is 0.149. The zero-order chi connectivity index (χ0) is 11.3. The van der Waals surface area contributed by atoms with Crippen molar-refractivity contribution in [1.82, 2.24) is 0 Å². The van der Waals surface area contributed by atoms with Crippen molar-refractivity contribution in [2.45, 2.75) is 38.7 Å². The summed E-state index contributed by atoms with van der Waals surface area (Å²) in [6.45, 7) is 6.15. The van der Waals surface area contributed by atoms with Crippen molar-refractivity contribution < 1.29 is 4.74 Å². The van der Waals surface area contributed by atoms with E-state index in [1.807, 2.05) is 11.3 Å². The molecule has 2 N–H and O–H groups in total. The van der Waals surface area contributed by atoms with Crippen molar-refractivity contribution in [3.63, 3.8) is 0 Å². The summed E-state index contributed by atoms with van der Waals surface area (Å²) in [5.41, 5.74) is 7.64. The van der Waals surface area contributed by atoms with Gasteiger partial charge in [-0.15, -0.1) is 11.3 Å². The van der Waals surface area contributed by atoms with Crippen LogP contribution >= 0.6 is 11.3 Å². The lowest BCUT2D eigenvalue weighted by molar-refractivity contribution is 0.0498. The van der Waals surface area contributed by atoms with E-state index in [2.05, 4.69) is 19.9 Å². The van der Waals surface area contributed by atoms with Crippen LogP contribution in [0.25, 0.3) is 0 Å². The summed E-state index contributed by atoms with van der Waals surface area (Å²) in [5, 5.41) is 0. The van der Waals surface area contributed by atoms with Crippen molar-refractivity contribution >= 4 is 11.3 Å². The average molecular weight is 237 g/mol. The van der Waals surface area contributed by atoms with E-state index in [1.165, 1.54) is 16.9 Å². The first-order valence-electron chi connectivity index (χ1n) is 6.06. The van der Waals surface area contributed by atoms with E-state index in [0.717, 1.165) is 18.9 Å². The van der Waals surface area contributed by atoms with E-state index in [-0.39, 0.29) is 6.10 Å². The van der Waals surface area contributed by atoms with Crippen molar-refractivity contribution in [1.29, 1.82) is 0 Å². The van der Waals surface area contributed by atoms with Crippen molar-refractivity contribution in [3.8, 4) is 0 Å². The Balaban J connectivity index is 1.91. The van der Waals surface area contributed by atoms with E-state index < -0.39 is 0 Å². The molecule has 2 aliphatic rings. The van der Waals surface area contributed by atoms with Gasteiger partial charge in [0.2, 0.25) is 0 Å². The molecule has 1 aliphatic carbocycles. The van der Waals surface area contributed by atoms with Gasteiger partial charge >= 0.3 is 0 Å². The molecule has 3 heteroatoms. The fraction of sp³-hybridized carbons (Fsp3) is 0.692. The van der Waals surface area contributed by atoms with Gasteiger partial charge in [0.25, 0.3) is 0 Å². The van der Waals surface area contributed by atoms with Crippen molar-refractivity contribution in [2.75, 3.05) is 13.2 Å². The number of fused-ring (bicyclic) bond motifs is 1. The molecule has 1 saturated carbocycles. The molecule has 2 nitrogen and oxygen atoms in total. The second-order valence-corrected chi connectivity index (χ2v) is 6.79. The zero-order valence-electron chi connectivity index (χ0n) is 9.95. The number of rotatable bonds is 2. The van der Waals surface area contributed by atoms with Crippen LogP contribution in [0.2, 0.25) is 0 Å². The molecule has 0 radical (unpaired) electrons. The topological polar surface area (TPSA) is 35.2 Å². The number of hydrogen-bond acceptors (Lipinski definition) is 3. The van der Waals surface area contributed by atoms with E-state index in [9.17, 15) is 0 Å². The van der Waals surface area contributed by atoms with Gasteiger partial charge in [-0.05, 0) is 29.4 Å². The highest BCUT2D eigenvalue weighted by Crippen LogP contribution is 2.60. The molecule has 2 atom stereocenters. The molecule has 1 fully saturated rings. The van der Waals surface area contributed by atoms with Gasteiger partial charge in [-0.1, -0.05) is 13.8 Å². The Labute approximate surface area is 101 Å². The number of hydrogen-bond donors (Lipinski definition) is 1. The lowest BCUT2D eigenvalue weighted by atomic mass is 10.0. The Hall–Kier alpha value is -0.380. The van der Waals surface area contributed by atoms with Crippen LogP contribution in [0.15, 0.2) is 6.07 Å². The summed E-state index contributed by atoms with van der Waals surface area (Å²) in [6.07, 6.45) is 2.56. The van der Waals surface area contributed by atoms with Gasteiger partial charge in [0.05, 0.1) is 12.7 Å². The van der Waals surface area contributed by atoms with Crippen LogP contribution < -0.4 is 5.73 Å². The highest BCUT2D eigenvalue weighted by molar-refractivity contribution is 7.12. The molecule has 0 spiro atoms. The van der Waals surface area contributed by atoms with Crippen molar-refractivity contribution in [2.24, 2.45) is 11.1 Å². The Morgan fingerprint density at radius 3 is 2.94 bits per heavy atom. The molecule has 1 aromatic heterocycles. The maximum atomic E-state index is 5.75. The van der Waals surface area contributed by atoms with Crippen LogP contribution in [-0.2, 0) is 11.2 Å². The molecule has 88 valence electrons. The monoisotopic (exact) mass is 237 g/mol. The molecule has 2 unspecified atom stereocenters. The molecule has 2 heterocycles. The number of ether oxygens (including phenoxy) is 1. The first-order valence-corrected chi connectivity index (χ1v) is 6.87. The molecule has 3 rings (SSSR count). The molecule has 0 saturated heterocycles. The van der Waals surface area contributed by atoms with Gasteiger partial charge in [-0.25, -0.2) is 0 Å².